The third-order valence-electron chi connectivity index (χ3n) is 6.77. The van der Waals surface area contributed by atoms with Gasteiger partial charge in [0.25, 0.3) is 0 Å². The number of morpholine rings is 1. The second kappa shape index (κ2) is 9.02. The van der Waals surface area contributed by atoms with Crippen molar-refractivity contribution in [1.29, 1.82) is 0 Å². The van der Waals surface area contributed by atoms with E-state index in [4.69, 9.17) is 19.7 Å². The maximum Gasteiger partial charge on any atom is 0.228 e. The van der Waals surface area contributed by atoms with E-state index in [0.717, 1.165) is 65.2 Å². The largest absolute Gasteiger partial charge is 0.378 e. The van der Waals surface area contributed by atoms with Crippen LogP contribution in [-0.2, 0) is 18.2 Å². The molecule has 1 saturated heterocycles. The molecule has 4 heterocycles. The fraction of sp³-hybridized carbons (Fsp3) is 0.583. The molecule has 0 amide bonds. The summed E-state index contributed by atoms with van der Waals surface area (Å²) >= 11 is 0. The Balaban J connectivity index is 1.51. The van der Waals surface area contributed by atoms with Gasteiger partial charge >= 0.3 is 0 Å². The van der Waals surface area contributed by atoms with Gasteiger partial charge in [-0.05, 0) is 44.1 Å². The van der Waals surface area contributed by atoms with Gasteiger partial charge in [0.1, 0.15) is 11.3 Å². The molecule has 1 aliphatic heterocycles. The van der Waals surface area contributed by atoms with Gasteiger partial charge in [-0.25, -0.2) is 4.98 Å². The summed E-state index contributed by atoms with van der Waals surface area (Å²) in [5, 5.41) is 8.33. The van der Waals surface area contributed by atoms with Gasteiger partial charge in [0, 0.05) is 44.0 Å². The summed E-state index contributed by atoms with van der Waals surface area (Å²) in [6, 6.07) is 4.68. The first kappa shape index (κ1) is 21.1. The van der Waals surface area contributed by atoms with Gasteiger partial charge in [-0.3, -0.25) is 9.67 Å². The molecule has 32 heavy (non-hydrogen) atoms. The van der Waals surface area contributed by atoms with Crippen molar-refractivity contribution in [2.75, 3.05) is 36.5 Å². The van der Waals surface area contributed by atoms with Crippen molar-refractivity contribution in [2.24, 2.45) is 13.0 Å². The predicted molar refractivity (Wildman–Crippen MR) is 127 cm³/mol. The zero-order valence-electron chi connectivity index (χ0n) is 19.3. The number of aromatic nitrogens is 5. The van der Waals surface area contributed by atoms with E-state index in [9.17, 15) is 0 Å². The standard InChI is InChI=1S/C24H33N7O/c1-4-19-23-21(30(3)29-19)13-17(15-25-23)20-14-22(26-18-7-5-16(2)6-8-18)28-24(27-20)31-9-11-32-12-10-31/h13-16,18H,4-12H2,1-3H3,(H,26,27,28). The summed E-state index contributed by atoms with van der Waals surface area (Å²) in [5.41, 5.74) is 4.90. The molecule has 3 aromatic rings. The second-order valence-electron chi connectivity index (χ2n) is 9.15. The van der Waals surface area contributed by atoms with Gasteiger partial charge in [0.2, 0.25) is 5.95 Å². The lowest BCUT2D eigenvalue weighted by molar-refractivity contribution is 0.122. The van der Waals surface area contributed by atoms with Crippen molar-refractivity contribution in [1.82, 2.24) is 24.7 Å². The lowest BCUT2D eigenvalue weighted by Gasteiger charge is -2.29. The smallest absolute Gasteiger partial charge is 0.228 e. The van der Waals surface area contributed by atoms with Crippen molar-refractivity contribution >= 4 is 22.8 Å². The van der Waals surface area contributed by atoms with E-state index < -0.39 is 0 Å². The fourth-order valence-electron chi connectivity index (χ4n) is 4.76. The minimum absolute atomic E-state index is 0.469. The number of anilines is 2. The van der Waals surface area contributed by atoms with Crippen molar-refractivity contribution in [2.45, 2.75) is 52.0 Å². The number of nitrogens with zero attached hydrogens (tertiary/aromatic N) is 6. The van der Waals surface area contributed by atoms with E-state index in [1.807, 2.05) is 17.9 Å². The average Bonchev–Trinajstić information content (AvgIpc) is 3.16. The number of pyridine rings is 1. The molecule has 2 aliphatic rings. The summed E-state index contributed by atoms with van der Waals surface area (Å²) in [4.78, 5) is 16.8. The summed E-state index contributed by atoms with van der Waals surface area (Å²) in [7, 11) is 1.98. The highest BCUT2D eigenvalue weighted by molar-refractivity contribution is 5.82. The van der Waals surface area contributed by atoms with Gasteiger partial charge in [-0.1, -0.05) is 13.8 Å². The Morgan fingerprint density at radius 2 is 1.88 bits per heavy atom. The Bertz CT molecular complexity index is 1080. The third kappa shape index (κ3) is 4.28. The van der Waals surface area contributed by atoms with Gasteiger partial charge < -0.3 is 15.0 Å². The van der Waals surface area contributed by atoms with Crippen LogP contribution in [0.1, 0.15) is 45.2 Å². The number of ether oxygens (including phenoxy) is 1. The zero-order valence-corrected chi connectivity index (χ0v) is 19.3. The molecule has 0 unspecified atom stereocenters. The van der Waals surface area contributed by atoms with Crippen LogP contribution in [0.5, 0.6) is 0 Å². The van der Waals surface area contributed by atoms with Crippen molar-refractivity contribution in [3.8, 4) is 11.3 Å². The van der Waals surface area contributed by atoms with Crippen molar-refractivity contribution < 1.29 is 4.74 Å². The Labute approximate surface area is 189 Å². The molecule has 1 aliphatic carbocycles. The van der Waals surface area contributed by atoms with E-state index in [0.29, 0.717) is 19.3 Å². The lowest BCUT2D eigenvalue weighted by atomic mass is 9.87. The molecule has 8 nitrogen and oxygen atoms in total. The van der Waals surface area contributed by atoms with Crippen molar-refractivity contribution in [3.63, 3.8) is 0 Å². The Hall–Kier alpha value is -2.74. The van der Waals surface area contributed by atoms with E-state index in [2.05, 4.69) is 41.3 Å². The van der Waals surface area contributed by atoms with E-state index in [1.165, 1.54) is 25.7 Å². The minimum Gasteiger partial charge on any atom is -0.378 e. The first-order valence-corrected chi connectivity index (χ1v) is 11.9. The lowest BCUT2D eigenvalue weighted by Crippen LogP contribution is -2.37. The molecule has 5 rings (SSSR count). The van der Waals surface area contributed by atoms with Crippen LogP contribution in [0.3, 0.4) is 0 Å². The highest BCUT2D eigenvalue weighted by Gasteiger charge is 2.21. The maximum absolute atomic E-state index is 5.54. The molecular weight excluding hydrogens is 402 g/mol. The summed E-state index contributed by atoms with van der Waals surface area (Å²) < 4.78 is 7.45. The summed E-state index contributed by atoms with van der Waals surface area (Å²) in [5.74, 6) is 2.48. The van der Waals surface area contributed by atoms with E-state index >= 15 is 0 Å². The number of hydrogen-bond donors (Lipinski definition) is 1. The first-order chi connectivity index (χ1) is 15.6. The van der Waals surface area contributed by atoms with Crippen LogP contribution in [0.25, 0.3) is 22.3 Å². The third-order valence-corrected chi connectivity index (χ3v) is 6.77. The average molecular weight is 436 g/mol. The summed E-state index contributed by atoms with van der Waals surface area (Å²) in [6.07, 6.45) is 7.71. The molecule has 2 fully saturated rings. The van der Waals surface area contributed by atoms with Crippen LogP contribution in [0.2, 0.25) is 0 Å². The van der Waals surface area contributed by atoms with Gasteiger partial charge in [-0.2, -0.15) is 10.1 Å². The van der Waals surface area contributed by atoms with E-state index in [1.54, 1.807) is 0 Å². The number of fused-ring (bicyclic) bond motifs is 1. The molecule has 8 heteroatoms. The molecule has 0 spiro atoms. The highest BCUT2D eigenvalue weighted by Crippen LogP contribution is 2.29. The molecule has 1 N–H and O–H groups in total. The zero-order chi connectivity index (χ0) is 22.1. The van der Waals surface area contributed by atoms with Crippen LogP contribution < -0.4 is 10.2 Å². The molecule has 170 valence electrons. The molecule has 0 aromatic carbocycles. The van der Waals surface area contributed by atoms with Gasteiger partial charge in [-0.15, -0.1) is 0 Å². The van der Waals surface area contributed by atoms with Crippen LogP contribution in [0.15, 0.2) is 18.3 Å². The Kier molecular flexibility index (Phi) is 5.95. The quantitative estimate of drug-likeness (QED) is 0.652. The fourth-order valence-corrected chi connectivity index (χ4v) is 4.76. The Morgan fingerprint density at radius 3 is 2.62 bits per heavy atom. The molecule has 0 radical (unpaired) electrons. The van der Waals surface area contributed by atoms with Crippen LogP contribution in [0, 0.1) is 5.92 Å². The molecular formula is C24H33N7O. The molecule has 3 aromatic heterocycles. The number of nitrogens with one attached hydrogen (secondary N) is 1. The van der Waals surface area contributed by atoms with E-state index in [-0.39, 0.29) is 0 Å². The SMILES string of the molecule is CCc1nn(C)c2cc(-c3cc(NC4CCC(C)CC4)nc(N4CCOCC4)n3)cnc12. The van der Waals surface area contributed by atoms with Crippen molar-refractivity contribution in [3.05, 3.63) is 24.0 Å². The second-order valence-corrected chi connectivity index (χ2v) is 9.15. The van der Waals surface area contributed by atoms with Crippen LogP contribution in [-0.4, -0.2) is 57.1 Å². The molecule has 1 saturated carbocycles. The Morgan fingerprint density at radius 1 is 1.09 bits per heavy atom. The highest BCUT2D eigenvalue weighted by atomic mass is 16.5. The predicted octanol–water partition coefficient (Wildman–Crippen LogP) is 3.81. The number of hydrogen-bond acceptors (Lipinski definition) is 7. The summed E-state index contributed by atoms with van der Waals surface area (Å²) in [6.45, 7) is 7.49. The maximum atomic E-state index is 5.54. The number of rotatable bonds is 5. The van der Waals surface area contributed by atoms with Gasteiger partial charge in [0.05, 0.1) is 30.1 Å². The minimum atomic E-state index is 0.469. The van der Waals surface area contributed by atoms with Gasteiger partial charge in [0.15, 0.2) is 0 Å². The first-order valence-electron chi connectivity index (χ1n) is 11.9. The topological polar surface area (TPSA) is 81.0 Å². The molecule has 0 atom stereocenters. The molecule has 0 bridgehead atoms. The monoisotopic (exact) mass is 435 g/mol. The van der Waals surface area contributed by atoms with Crippen LogP contribution >= 0.6 is 0 Å². The normalized spacial score (nSPS) is 21.8. The van der Waals surface area contributed by atoms with Crippen LogP contribution in [0.4, 0.5) is 11.8 Å². The number of aryl methyl sites for hydroxylation is 2.